The fraction of sp³-hybridized carbons (Fsp3) is 0.542. The molecule has 5 rings (SSSR count). The Balaban J connectivity index is 1.59. The molecule has 0 spiro atoms. The second kappa shape index (κ2) is 9.36. The number of aliphatic hydroxyl groups excluding tert-OH is 5. The van der Waals surface area contributed by atoms with Crippen LogP contribution in [0.4, 0.5) is 0 Å². The number of aromatic hydroxyl groups is 1. The van der Waals surface area contributed by atoms with Gasteiger partial charge < -0.3 is 54.0 Å². The standard InChI is InChI=1S/C24H26O14/c1-7-3-8(26)14(22-17(30)16(29)15(28)10(5-25)35-22)21-13(7)9(27)4-12(36-21)24(2)34-6-11(38-24)20-18(31)19(32)23(33)37-20/h3-4,10-11,15-17,19-20,22,25-26,28-30,32H,5-6H2,1-2H3/t10-,11?,15-,16+,17-,19?,20?,22?,24?/m1/s1. The van der Waals surface area contributed by atoms with E-state index in [9.17, 15) is 45.0 Å². The van der Waals surface area contributed by atoms with E-state index in [-0.39, 0.29) is 28.9 Å². The maximum atomic E-state index is 13.2. The molecule has 4 heterocycles. The largest absolute Gasteiger partial charge is 0.507 e. The predicted molar refractivity (Wildman–Crippen MR) is 121 cm³/mol. The van der Waals surface area contributed by atoms with E-state index in [0.717, 1.165) is 6.07 Å². The molecule has 14 nitrogen and oxygen atoms in total. The lowest BCUT2D eigenvalue weighted by atomic mass is 9.89. The van der Waals surface area contributed by atoms with Crippen molar-refractivity contribution in [2.75, 3.05) is 13.2 Å². The molecule has 0 saturated carbocycles. The van der Waals surface area contributed by atoms with E-state index in [4.69, 9.17) is 23.4 Å². The molecule has 9 atom stereocenters. The molecule has 206 valence electrons. The summed E-state index contributed by atoms with van der Waals surface area (Å²) < 4.78 is 28.0. The Labute approximate surface area is 213 Å². The highest BCUT2D eigenvalue weighted by molar-refractivity contribution is 6.09. The minimum atomic E-state index is -1.94. The van der Waals surface area contributed by atoms with Crippen LogP contribution in [0.25, 0.3) is 11.0 Å². The zero-order chi connectivity index (χ0) is 27.7. The van der Waals surface area contributed by atoms with Gasteiger partial charge in [-0.25, -0.2) is 4.79 Å². The predicted octanol–water partition coefficient (Wildman–Crippen LogP) is -2.23. The SMILES string of the molecule is Cc1cc(O)c(C2O[C@H](CO)[C@@H](O)[C@H](O)[C@H]2O)c2oc(C3(C)OCC(C4OC(=O)C(O)C4=O)O3)cc(=O)c12. The number of benzene rings is 1. The summed E-state index contributed by atoms with van der Waals surface area (Å²) in [6.07, 6.45) is -12.6. The van der Waals surface area contributed by atoms with Crippen molar-refractivity contribution in [3.63, 3.8) is 0 Å². The van der Waals surface area contributed by atoms with Crippen LogP contribution in [0.15, 0.2) is 21.3 Å². The number of aliphatic hydroxyl groups is 5. The number of cyclic esters (lactones) is 1. The van der Waals surface area contributed by atoms with Crippen molar-refractivity contribution in [1.29, 1.82) is 0 Å². The van der Waals surface area contributed by atoms with Crippen LogP contribution >= 0.6 is 0 Å². The molecule has 5 unspecified atom stereocenters. The average molecular weight is 538 g/mol. The van der Waals surface area contributed by atoms with Crippen LogP contribution in [0, 0.1) is 6.92 Å². The average Bonchev–Trinajstić information content (AvgIpc) is 3.39. The van der Waals surface area contributed by atoms with Crippen molar-refractivity contribution in [2.24, 2.45) is 0 Å². The van der Waals surface area contributed by atoms with Gasteiger partial charge in [-0.2, -0.15) is 0 Å². The molecule has 6 N–H and O–H groups in total. The van der Waals surface area contributed by atoms with Gasteiger partial charge in [0, 0.05) is 6.07 Å². The van der Waals surface area contributed by atoms with Crippen LogP contribution in [0.5, 0.6) is 5.75 Å². The first-order valence-electron chi connectivity index (χ1n) is 11.7. The maximum Gasteiger partial charge on any atom is 0.343 e. The number of ether oxygens (including phenoxy) is 4. The van der Waals surface area contributed by atoms with Gasteiger partial charge in [-0.15, -0.1) is 0 Å². The quantitative estimate of drug-likeness (QED) is 0.179. The number of fused-ring (bicyclic) bond motifs is 1. The monoisotopic (exact) mass is 538 g/mol. The molecule has 3 aliphatic heterocycles. The Morgan fingerprint density at radius 3 is 2.37 bits per heavy atom. The van der Waals surface area contributed by atoms with Crippen LogP contribution < -0.4 is 5.43 Å². The highest BCUT2D eigenvalue weighted by Crippen LogP contribution is 2.43. The van der Waals surface area contributed by atoms with Crippen molar-refractivity contribution < 1.29 is 63.6 Å². The van der Waals surface area contributed by atoms with Crippen molar-refractivity contribution in [1.82, 2.24) is 0 Å². The van der Waals surface area contributed by atoms with Crippen LogP contribution in [0.3, 0.4) is 0 Å². The molecular formula is C24H26O14. The van der Waals surface area contributed by atoms with Gasteiger partial charge in [-0.3, -0.25) is 9.59 Å². The lowest BCUT2D eigenvalue weighted by Gasteiger charge is -2.40. The molecule has 14 heteroatoms. The number of phenolic OH excluding ortho intramolecular Hbond substituents is 1. The number of carbonyl (C=O) groups excluding carboxylic acids is 2. The van der Waals surface area contributed by atoms with E-state index in [0.29, 0.717) is 5.56 Å². The van der Waals surface area contributed by atoms with Gasteiger partial charge in [0.05, 0.1) is 24.2 Å². The molecule has 3 saturated heterocycles. The van der Waals surface area contributed by atoms with Crippen molar-refractivity contribution >= 4 is 22.7 Å². The summed E-state index contributed by atoms with van der Waals surface area (Å²) >= 11 is 0. The minimum absolute atomic E-state index is 0.000296. The fourth-order valence-corrected chi connectivity index (χ4v) is 5.02. The zero-order valence-electron chi connectivity index (χ0n) is 20.1. The zero-order valence-corrected chi connectivity index (χ0v) is 20.1. The number of hydrogen-bond acceptors (Lipinski definition) is 14. The number of ketones is 1. The molecule has 1 aromatic heterocycles. The molecule has 3 fully saturated rings. The molecule has 0 bridgehead atoms. The van der Waals surface area contributed by atoms with Crippen LogP contribution in [-0.2, 0) is 34.3 Å². The number of rotatable bonds is 4. The summed E-state index contributed by atoms with van der Waals surface area (Å²) in [6.45, 7) is 1.91. The first-order valence-corrected chi connectivity index (χ1v) is 11.7. The van der Waals surface area contributed by atoms with Gasteiger partial charge in [-0.1, -0.05) is 0 Å². The van der Waals surface area contributed by atoms with E-state index in [1.165, 1.54) is 19.9 Å². The Hall–Kier alpha value is -2.95. The number of hydrogen-bond donors (Lipinski definition) is 6. The number of aryl methyl sites for hydroxylation is 1. The third-order valence-electron chi connectivity index (χ3n) is 7.09. The van der Waals surface area contributed by atoms with Gasteiger partial charge in [0.2, 0.25) is 17.7 Å². The van der Waals surface area contributed by atoms with E-state index < -0.39 is 84.2 Å². The molecule has 2 aromatic rings. The van der Waals surface area contributed by atoms with Gasteiger partial charge >= 0.3 is 5.97 Å². The minimum Gasteiger partial charge on any atom is -0.507 e. The fourth-order valence-electron chi connectivity index (χ4n) is 5.02. The van der Waals surface area contributed by atoms with E-state index in [2.05, 4.69) is 0 Å². The third kappa shape index (κ3) is 4.01. The lowest BCUT2D eigenvalue weighted by molar-refractivity contribution is -0.231. The third-order valence-corrected chi connectivity index (χ3v) is 7.09. The van der Waals surface area contributed by atoms with Gasteiger partial charge in [0.1, 0.15) is 48.0 Å². The summed E-state index contributed by atoms with van der Waals surface area (Å²) in [5.41, 5.74) is -0.771. The van der Waals surface area contributed by atoms with Crippen molar-refractivity contribution in [2.45, 2.75) is 68.5 Å². The van der Waals surface area contributed by atoms with Crippen LogP contribution in [-0.4, -0.2) is 98.3 Å². The van der Waals surface area contributed by atoms with Gasteiger partial charge in [-0.05, 0) is 25.5 Å². The summed E-state index contributed by atoms with van der Waals surface area (Å²) in [4.78, 5) is 37.0. The summed E-state index contributed by atoms with van der Waals surface area (Å²) in [5, 5.41) is 61.1. The summed E-state index contributed by atoms with van der Waals surface area (Å²) in [5.74, 6) is -4.49. The van der Waals surface area contributed by atoms with E-state index in [1.807, 2.05) is 0 Å². The maximum absolute atomic E-state index is 13.2. The highest BCUT2D eigenvalue weighted by atomic mass is 16.8. The van der Waals surface area contributed by atoms with E-state index in [1.54, 1.807) is 0 Å². The normalized spacial score (nSPS) is 37.7. The number of phenols is 1. The van der Waals surface area contributed by atoms with Gasteiger partial charge in [0.25, 0.3) is 0 Å². The smallest absolute Gasteiger partial charge is 0.343 e. The first-order chi connectivity index (χ1) is 17.9. The Bertz CT molecular complexity index is 1350. The number of Topliss-reactive ketones (excluding diaryl/α,β-unsaturated/α-hetero) is 1. The molecule has 3 aliphatic rings. The topological polar surface area (TPSA) is 223 Å². The first kappa shape index (κ1) is 26.6. The molecule has 0 aliphatic carbocycles. The van der Waals surface area contributed by atoms with Gasteiger partial charge in [0.15, 0.2) is 17.3 Å². The molecule has 38 heavy (non-hydrogen) atoms. The second-order valence-electron chi connectivity index (χ2n) is 9.63. The summed E-state index contributed by atoms with van der Waals surface area (Å²) in [6, 6.07) is 2.31. The molecule has 1 aromatic carbocycles. The van der Waals surface area contributed by atoms with Crippen LogP contribution in [0.2, 0.25) is 0 Å². The second-order valence-corrected chi connectivity index (χ2v) is 9.63. The Morgan fingerprint density at radius 1 is 1.03 bits per heavy atom. The van der Waals surface area contributed by atoms with Crippen molar-refractivity contribution in [3.8, 4) is 5.75 Å². The lowest BCUT2D eigenvalue weighted by Crippen LogP contribution is -2.55. The summed E-state index contributed by atoms with van der Waals surface area (Å²) in [7, 11) is 0. The number of carbonyl (C=O) groups is 2. The molecule has 0 amide bonds. The van der Waals surface area contributed by atoms with Crippen LogP contribution in [0.1, 0.15) is 29.9 Å². The number of esters is 1. The highest BCUT2D eigenvalue weighted by Gasteiger charge is 2.53. The van der Waals surface area contributed by atoms with Crippen molar-refractivity contribution in [3.05, 3.63) is 39.2 Å². The Kier molecular flexibility index (Phi) is 6.56. The molecule has 0 radical (unpaired) electrons. The Morgan fingerprint density at radius 2 is 1.74 bits per heavy atom. The van der Waals surface area contributed by atoms with E-state index >= 15 is 0 Å². The molecular weight excluding hydrogens is 512 g/mol.